The smallest absolute Gasteiger partial charge is 0.147 e. The Kier molecular flexibility index (Phi) is 5.06. The van der Waals surface area contributed by atoms with Gasteiger partial charge >= 0.3 is 0 Å². The summed E-state index contributed by atoms with van der Waals surface area (Å²) in [5, 5.41) is 0. The van der Waals surface area contributed by atoms with Gasteiger partial charge in [0.1, 0.15) is 5.78 Å². The molecule has 1 heterocycles. The van der Waals surface area contributed by atoms with Crippen LogP contribution in [0, 0.1) is 0 Å². The molecule has 0 atom stereocenters. The second-order valence-electron chi connectivity index (χ2n) is 2.56. The summed E-state index contributed by atoms with van der Waals surface area (Å²) >= 11 is 6.70. The molecule has 0 amide bonds. The fraction of sp³-hybridized carbons (Fsp3) is 0.444. The summed E-state index contributed by atoms with van der Waals surface area (Å²) < 4.78 is 1.10. The van der Waals surface area contributed by atoms with Crippen LogP contribution in [0.4, 0.5) is 0 Å². The van der Waals surface area contributed by atoms with E-state index in [4.69, 9.17) is 0 Å². The maximum Gasteiger partial charge on any atom is 0.147 e. The lowest BCUT2D eigenvalue weighted by molar-refractivity contribution is -0.115. The van der Waals surface area contributed by atoms with Crippen LogP contribution < -0.4 is 0 Å². The molecule has 0 saturated carbocycles. The van der Waals surface area contributed by atoms with Gasteiger partial charge in [-0.1, -0.05) is 6.92 Å². The van der Waals surface area contributed by atoms with Gasteiger partial charge in [0.05, 0.1) is 9.54 Å². The van der Waals surface area contributed by atoms with Crippen molar-refractivity contribution in [3.05, 3.63) is 20.8 Å². The van der Waals surface area contributed by atoms with Gasteiger partial charge in [0, 0.05) is 11.3 Å². The van der Waals surface area contributed by atoms with E-state index in [1.165, 1.54) is 0 Å². The van der Waals surface area contributed by atoms with E-state index in [1.807, 2.05) is 12.1 Å². The first-order chi connectivity index (χ1) is 6.22. The minimum absolute atomic E-state index is 0.321. The minimum Gasteiger partial charge on any atom is -0.298 e. The van der Waals surface area contributed by atoms with E-state index in [1.54, 1.807) is 23.1 Å². The Labute approximate surface area is 95.0 Å². The Bertz CT molecular complexity index is 283. The number of Topliss-reactive ketones (excluding diaryl/α,β-unsaturated/α-hetero) is 1. The summed E-state index contributed by atoms with van der Waals surface area (Å²) in [5.74, 6) is 1.98. The van der Waals surface area contributed by atoms with Crippen molar-refractivity contribution >= 4 is 44.8 Å². The van der Waals surface area contributed by atoms with Crippen LogP contribution in [0.1, 0.15) is 11.8 Å². The number of thioether (sulfide) groups is 1. The fourth-order valence-corrected chi connectivity index (χ4v) is 2.95. The Morgan fingerprint density at radius 3 is 2.92 bits per heavy atom. The van der Waals surface area contributed by atoms with Crippen LogP contribution in [0.15, 0.2) is 15.9 Å². The maximum absolute atomic E-state index is 11.4. The topological polar surface area (TPSA) is 17.1 Å². The molecule has 0 N–H and O–H groups in total. The monoisotopic (exact) mass is 278 g/mol. The van der Waals surface area contributed by atoms with Crippen molar-refractivity contribution in [3.63, 3.8) is 0 Å². The van der Waals surface area contributed by atoms with Gasteiger partial charge in [-0.3, -0.25) is 4.79 Å². The molecule has 72 valence electrons. The van der Waals surface area contributed by atoms with E-state index < -0.39 is 0 Å². The third-order valence-corrected chi connectivity index (χ3v) is 4.03. The SMILES string of the molecule is CCSCC(=O)Cc1ccc(Br)s1. The number of rotatable bonds is 5. The Morgan fingerprint density at radius 2 is 2.38 bits per heavy atom. The molecule has 0 aliphatic heterocycles. The van der Waals surface area contributed by atoms with Gasteiger partial charge in [0.2, 0.25) is 0 Å². The van der Waals surface area contributed by atoms with Gasteiger partial charge in [0.25, 0.3) is 0 Å². The zero-order chi connectivity index (χ0) is 9.68. The summed E-state index contributed by atoms with van der Waals surface area (Å²) in [4.78, 5) is 12.5. The molecule has 1 aromatic heterocycles. The van der Waals surface area contributed by atoms with E-state index in [0.29, 0.717) is 18.0 Å². The first-order valence-corrected chi connectivity index (χ1v) is 6.82. The van der Waals surface area contributed by atoms with E-state index in [0.717, 1.165) is 14.4 Å². The van der Waals surface area contributed by atoms with Crippen LogP contribution in [0.2, 0.25) is 0 Å². The third-order valence-electron chi connectivity index (χ3n) is 1.47. The lowest BCUT2D eigenvalue weighted by Crippen LogP contribution is -2.04. The molecule has 0 bridgehead atoms. The lowest BCUT2D eigenvalue weighted by Gasteiger charge is -1.96. The van der Waals surface area contributed by atoms with E-state index in [9.17, 15) is 4.79 Å². The number of hydrogen-bond acceptors (Lipinski definition) is 3. The Hall–Kier alpha value is 0.200. The zero-order valence-corrected chi connectivity index (χ0v) is 10.6. The summed E-state index contributed by atoms with van der Waals surface area (Å²) in [6.07, 6.45) is 0.587. The van der Waals surface area contributed by atoms with Crippen molar-refractivity contribution in [2.24, 2.45) is 0 Å². The molecule has 0 saturated heterocycles. The first kappa shape index (κ1) is 11.3. The lowest BCUT2D eigenvalue weighted by atomic mass is 10.3. The van der Waals surface area contributed by atoms with Crippen molar-refractivity contribution in [2.45, 2.75) is 13.3 Å². The molecule has 4 heteroatoms. The summed E-state index contributed by atoms with van der Waals surface area (Å²) in [6.45, 7) is 2.07. The van der Waals surface area contributed by atoms with Crippen molar-refractivity contribution in [2.75, 3.05) is 11.5 Å². The van der Waals surface area contributed by atoms with Crippen LogP contribution >= 0.6 is 39.0 Å². The second kappa shape index (κ2) is 5.83. The number of halogens is 1. The molecule has 0 spiro atoms. The standard InChI is InChI=1S/C9H11BrOS2/c1-2-12-6-7(11)5-8-3-4-9(10)13-8/h3-4H,2,5-6H2,1H3. The Morgan fingerprint density at radius 1 is 1.62 bits per heavy atom. The largest absolute Gasteiger partial charge is 0.298 e. The number of thiophene rings is 1. The normalized spacial score (nSPS) is 10.3. The minimum atomic E-state index is 0.321. The molecule has 1 rings (SSSR count). The number of carbonyl (C=O) groups is 1. The van der Waals surface area contributed by atoms with Gasteiger partial charge in [-0.25, -0.2) is 0 Å². The van der Waals surface area contributed by atoms with Crippen LogP contribution in [0.3, 0.4) is 0 Å². The van der Waals surface area contributed by atoms with Gasteiger partial charge in [-0.15, -0.1) is 11.3 Å². The maximum atomic E-state index is 11.4. The van der Waals surface area contributed by atoms with E-state index in [-0.39, 0.29) is 0 Å². The summed E-state index contributed by atoms with van der Waals surface area (Å²) in [5.41, 5.74) is 0. The van der Waals surface area contributed by atoms with Crippen LogP contribution in [0.25, 0.3) is 0 Å². The van der Waals surface area contributed by atoms with Crippen molar-refractivity contribution in [1.29, 1.82) is 0 Å². The average Bonchev–Trinajstić information content (AvgIpc) is 2.48. The fourth-order valence-electron chi connectivity index (χ4n) is 0.908. The quantitative estimate of drug-likeness (QED) is 0.822. The highest BCUT2D eigenvalue weighted by Crippen LogP contribution is 2.22. The van der Waals surface area contributed by atoms with Crippen LogP contribution in [0.5, 0.6) is 0 Å². The molecule has 0 unspecified atom stereocenters. The van der Waals surface area contributed by atoms with Crippen molar-refractivity contribution in [3.8, 4) is 0 Å². The van der Waals surface area contributed by atoms with Gasteiger partial charge in [-0.05, 0) is 33.8 Å². The van der Waals surface area contributed by atoms with Gasteiger partial charge in [0.15, 0.2) is 0 Å². The zero-order valence-electron chi connectivity index (χ0n) is 7.38. The molecular formula is C9H11BrOS2. The molecule has 0 aliphatic carbocycles. The molecule has 0 radical (unpaired) electrons. The highest BCUT2D eigenvalue weighted by molar-refractivity contribution is 9.11. The Balaban J connectivity index is 2.36. The van der Waals surface area contributed by atoms with Crippen molar-refractivity contribution in [1.82, 2.24) is 0 Å². The number of ketones is 1. The highest BCUT2D eigenvalue weighted by Gasteiger charge is 2.05. The molecular weight excluding hydrogens is 268 g/mol. The van der Waals surface area contributed by atoms with Crippen molar-refractivity contribution < 1.29 is 4.79 Å². The summed E-state index contributed by atoms with van der Waals surface area (Å²) in [7, 11) is 0. The third kappa shape index (κ3) is 4.29. The predicted molar refractivity (Wildman–Crippen MR) is 63.7 cm³/mol. The van der Waals surface area contributed by atoms with E-state index >= 15 is 0 Å². The number of hydrogen-bond donors (Lipinski definition) is 0. The van der Waals surface area contributed by atoms with Gasteiger partial charge < -0.3 is 0 Å². The first-order valence-electron chi connectivity index (χ1n) is 4.06. The average molecular weight is 279 g/mol. The predicted octanol–water partition coefficient (Wildman–Crippen LogP) is 3.38. The highest BCUT2D eigenvalue weighted by atomic mass is 79.9. The number of carbonyl (C=O) groups excluding carboxylic acids is 1. The summed E-state index contributed by atoms with van der Waals surface area (Å²) in [6, 6.07) is 3.99. The molecule has 1 nitrogen and oxygen atoms in total. The molecule has 0 aromatic carbocycles. The molecule has 1 aromatic rings. The molecule has 13 heavy (non-hydrogen) atoms. The molecule has 0 fully saturated rings. The molecule has 0 aliphatic rings. The van der Waals surface area contributed by atoms with Crippen LogP contribution in [-0.4, -0.2) is 17.3 Å². The van der Waals surface area contributed by atoms with E-state index in [2.05, 4.69) is 22.9 Å². The van der Waals surface area contributed by atoms with Gasteiger partial charge in [-0.2, -0.15) is 11.8 Å². The second-order valence-corrected chi connectivity index (χ2v) is 6.38. The van der Waals surface area contributed by atoms with Crippen LogP contribution in [-0.2, 0) is 11.2 Å².